The van der Waals surface area contributed by atoms with Crippen molar-refractivity contribution in [1.29, 1.82) is 0 Å². The summed E-state index contributed by atoms with van der Waals surface area (Å²) in [5, 5.41) is 5.25. The third kappa shape index (κ3) is 4.24. The minimum absolute atomic E-state index is 0.181. The molecule has 2 heterocycles. The molecule has 9 heteroatoms. The molecule has 1 aromatic carbocycles. The van der Waals surface area contributed by atoms with Crippen LogP contribution in [0.1, 0.15) is 57.8 Å². The number of carbonyl (C=O) groups excluding carboxylic acids is 2. The highest BCUT2D eigenvalue weighted by Gasteiger charge is 2.60. The number of halogens is 1. The van der Waals surface area contributed by atoms with Crippen LogP contribution in [0, 0.1) is 0 Å². The molecule has 2 amide bonds. The second-order valence-electron chi connectivity index (χ2n) is 9.24. The van der Waals surface area contributed by atoms with Crippen molar-refractivity contribution in [3.8, 4) is 0 Å². The summed E-state index contributed by atoms with van der Waals surface area (Å²) in [6.07, 6.45) is 3.08. The van der Waals surface area contributed by atoms with Crippen molar-refractivity contribution in [2.45, 2.75) is 49.1 Å². The summed E-state index contributed by atoms with van der Waals surface area (Å²) < 4.78 is 24.5. The van der Waals surface area contributed by atoms with E-state index >= 15 is 0 Å². The van der Waals surface area contributed by atoms with Gasteiger partial charge in [-0.25, -0.2) is 8.42 Å². The molecule has 1 fully saturated rings. The monoisotopic (exact) mass is 506 g/mol. The first-order chi connectivity index (χ1) is 15.5. The second kappa shape index (κ2) is 8.56. The zero-order valence-corrected chi connectivity index (χ0v) is 21.1. The first-order valence-electron chi connectivity index (χ1n) is 10.8. The molecule has 0 saturated heterocycles. The predicted molar refractivity (Wildman–Crippen MR) is 132 cm³/mol. The van der Waals surface area contributed by atoms with E-state index in [9.17, 15) is 18.0 Å². The Labute approximate surface area is 203 Å². The molecular weight excluding hydrogens is 480 g/mol. The summed E-state index contributed by atoms with van der Waals surface area (Å²) in [7, 11) is -3.50. The number of hydrogen-bond acceptors (Lipinski definition) is 5. The van der Waals surface area contributed by atoms with Gasteiger partial charge in [0.25, 0.3) is 11.8 Å². The minimum Gasteiger partial charge on any atom is -0.348 e. The first kappa shape index (κ1) is 24.0. The molecule has 0 unspecified atom stereocenters. The molecule has 1 aliphatic carbocycles. The van der Waals surface area contributed by atoms with Gasteiger partial charge in [0.05, 0.1) is 19.9 Å². The van der Waals surface area contributed by atoms with Crippen LogP contribution in [0.4, 0.5) is 0 Å². The highest BCUT2D eigenvalue weighted by Crippen LogP contribution is 2.49. The second-order valence-corrected chi connectivity index (χ2v) is 13.5. The van der Waals surface area contributed by atoms with Crippen molar-refractivity contribution < 1.29 is 18.0 Å². The molecule has 1 aromatic heterocycles. The Morgan fingerprint density at radius 3 is 2.58 bits per heavy atom. The highest BCUT2D eigenvalue weighted by molar-refractivity contribution is 7.94. The number of rotatable bonds is 8. The normalized spacial score (nSPS) is 17.4. The van der Waals surface area contributed by atoms with Gasteiger partial charge in [0, 0.05) is 30.0 Å². The highest BCUT2D eigenvalue weighted by atomic mass is 35.5. The number of hydrogen-bond donors (Lipinski definition) is 1. The molecule has 0 spiro atoms. The number of nitrogens with one attached hydrogen (secondary N) is 1. The number of benzene rings is 1. The molecule has 1 aliphatic heterocycles. The van der Waals surface area contributed by atoms with E-state index in [1.165, 1.54) is 17.4 Å². The van der Waals surface area contributed by atoms with Gasteiger partial charge in [-0.3, -0.25) is 9.59 Å². The Kier molecular flexibility index (Phi) is 6.22. The standard InChI is InChI=1S/C24H27ClN2O4S2/c1-4-23(2,3)33(30,31)24(10-11-24)15-27-12-9-18-19(14-32-20(18)22(27)29)21(28)26-13-16-5-7-17(25)8-6-16/h4-8,14H,1,9-13,15H2,2-3H3,(H,26,28). The predicted octanol–water partition coefficient (Wildman–Crippen LogP) is 4.24. The lowest BCUT2D eigenvalue weighted by Crippen LogP contribution is -2.49. The molecule has 33 heavy (non-hydrogen) atoms. The largest absolute Gasteiger partial charge is 0.348 e. The van der Waals surface area contributed by atoms with Gasteiger partial charge in [-0.05, 0) is 56.4 Å². The summed E-state index contributed by atoms with van der Waals surface area (Å²) >= 11 is 7.14. The van der Waals surface area contributed by atoms with Crippen molar-refractivity contribution >= 4 is 44.6 Å². The van der Waals surface area contributed by atoms with Crippen LogP contribution in [-0.4, -0.2) is 47.7 Å². The average Bonchev–Trinajstić information content (AvgIpc) is 3.45. The molecule has 2 aromatic rings. The summed E-state index contributed by atoms with van der Waals surface area (Å²) in [6, 6.07) is 7.24. The zero-order valence-electron chi connectivity index (χ0n) is 18.7. The Hall–Kier alpha value is -2.16. The summed E-state index contributed by atoms with van der Waals surface area (Å²) in [5.74, 6) is -0.423. The third-order valence-electron chi connectivity index (χ3n) is 6.66. The lowest BCUT2D eigenvalue weighted by Gasteiger charge is -2.34. The van der Waals surface area contributed by atoms with E-state index in [1.807, 2.05) is 12.1 Å². The van der Waals surface area contributed by atoms with E-state index in [0.717, 1.165) is 11.1 Å². The molecule has 6 nitrogen and oxygen atoms in total. The molecular formula is C24H27ClN2O4S2. The van der Waals surface area contributed by atoms with Gasteiger partial charge in [-0.1, -0.05) is 29.8 Å². The van der Waals surface area contributed by atoms with E-state index in [4.69, 9.17) is 11.6 Å². The van der Waals surface area contributed by atoms with Gasteiger partial charge >= 0.3 is 0 Å². The van der Waals surface area contributed by atoms with Crippen molar-refractivity contribution in [1.82, 2.24) is 10.2 Å². The summed E-state index contributed by atoms with van der Waals surface area (Å²) in [4.78, 5) is 28.1. The Balaban J connectivity index is 1.47. The van der Waals surface area contributed by atoms with Crippen LogP contribution in [0.2, 0.25) is 5.02 Å². The Bertz CT molecular complexity index is 1210. The number of carbonyl (C=O) groups is 2. The molecule has 2 aliphatic rings. The van der Waals surface area contributed by atoms with Gasteiger partial charge in [0.15, 0.2) is 9.84 Å². The van der Waals surface area contributed by atoms with Gasteiger partial charge in [0.2, 0.25) is 0 Å². The van der Waals surface area contributed by atoms with E-state index in [2.05, 4.69) is 11.9 Å². The van der Waals surface area contributed by atoms with Crippen molar-refractivity contribution in [3.63, 3.8) is 0 Å². The summed E-state index contributed by atoms with van der Waals surface area (Å²) in [5.41, 5.74) is 2.19. The van der Waals surface area contributed by atoms with Crippen LogP contribution in [0.5, 0.6) is 0 Å². The van der Waals surface area contributed by atoms with Crippen LogP contribution < -0.4 is 5.32 Å². The van der Waals surface area contributed by atoms with E-state index < -0.39 is 19.3 Å². The van der Waals surface area contributed by atoms with Gasteiger partial charge in [-0.15, -0.1) is 17.9 Å². The Morgan fingerprint density at radius 1 is 1.30 bits per heavy atom. The van der Waals surface area contributed by atoms with E-state index in [-0.39, 0.29) is 18.4 Å². The first-order valence-corrected chi connectivity index (χ1v) is 13.6. The molecule has 0 radical (unpaired) electrons. The van der Waals surface area contributed by atoms with Crippen LogP contribution in [0.25, 0.3) is 0 Å². The number of amides is 2. The lowest BCUT2D eigenvalue weighted by molar-refractivity contribution is 0.0741. The molecule has 1 saturated carbocycles. The van der Waals surface area contributed by atoms with Gasteiger partial charge < -0.3 is 10.2 Å². The number of nitrogens with zero attached hydrogens (tertiary/aromatic N) is 1. The number of thiophene rings is 1. The fraction of sp³-hybridized carbons (Fsp3) is 0.417. The van der Waals surface area contributed by atoms with E-state index in [1.54, 1.807) is 36.3 Å². The van der Waals surface area contributed by atoms with Crippen molar-refractivity contribution in [2.24, 2.45) is 0 Å². The molecule has 0 bridgehead atoms. The number of fused-ring (bicyclic) bond motifs is 1. The quantitative estimate of drug-likeness (QED) is 0.543. The molecule has 0 atom stereocenters. The van der Waals surface area contributed by atoms with E-state index in [0.29, 0.717) is 47.8 Å². The maximum absolute atomic E-state index is 13.2. The molecule has 1 N–H and O–H groups in total. The van der Waals surface area contributed by atoms with Gasteiger partial charge in [-0.2, -0.15) is 0 Å². The van der Waals surface area contributed by atoms with Crippen LogP contribution in [0.3, 0.4) is 0 Å². The number of sulfone groups is 1. The van der Waals surface area contributed by atoms with Gasteiger partial charge in [0.1, 0.15) is 0 Å². The maximum atomic E-state index is 13.2. The van der Waals surface area contributed by atoms with Crippen LogP contribution in [-0.2, 0) is 22.8 Å². The van der Waals surface area contributed by atoms with Crippen molar-refractivity contribution in [3.05, 3.63) is 68.9 Å². The third-order valence-corrected chi connectivity index (χ3v) is 11.2. The average molecular weight is 507 g/mol. The fourth-order valence-electron chi connectivity index (χ4n) is 4.19. The topological polar surface area (TPSA) is 83.6 Å². The molecule has 176 valence electrons. The lowest BCUT2D eigenvalue weighted by atomic mass is 10.0. The maximum Gasteiger partial charge on any atom is 0.264 e. The smallest absolute Gasteiger partial charge is 0.264 e. The van der Waals surface area contributed by atoms with Crippen LogP contribution >= 0.6 is 22.9 Å². The minimum atomic E-state index is -3.50. The summed E-state index contributed by atoms with van der Waals surface area (Å²) in [6.45, 7) is 7.93. The fourth-order valence-corrected chi connectivity index (χ4v) is 7.69. The van der Waals surface area contributed by atoms with Crippen LogP contribution in [0.15, 0.2) is 42.3 Å². The Morgan fingerprint density at radius 2 is 1.97 bits per heavy atom. The molecule has 4 rings (SSSR count). The SMILES string of the molecule is C=CC(C)(C)S(=O)(=O)C1(CN2CCc3c(C(=O)NCc4ccc(Cl)cc4)csc3C2=O)CC1. The zero-order chi connectivity index (χ0) is 24.0. The van der Waals surface area contributed by atoms with Crippen molar-refractivity contribution in [2.75, 3.05) is 13.1 Å².